The standard InChI is InChI=1S/C15H25N3O/c1-12(2)16-9-13-5-6-14(17-10-13)18-7-8-19-11-15(18,3)4/h5-6,10,12,16H,7-9,11H2,1-4H3. The topological polar surface area (TPSA) is 37.4 Å². The summed E-state index contributed by atoms with van der Waals surface area (Å²) in [7, 11) is 0. The average Bonchev–Trinajstić information content (AvgIpc) is 2.37. The van der Waals surface area contributed by atoms with E-state index >= 15 is 0 Å². The fourth-order valence-corrected chi connectivity index (χ4v) is 2.29. The first kappa shape index (κ1) is 14.3. The summed E-state index contributed by atoms with van der Waals surface area (Å²) in [6, 6.07) is 4.77. The molecule has 1 fully saturated rings. The van der Waals surface area contributed by atoms with E-state index in [0.29, 0.717) is 6.04 Å². The molecule has 1 saturated heterocycles. The Balaban J connectivity index is 2.05. The van der Waals surface area contributed by atoms with Gasteiger partial charge in [-0.2, -0.15) is 0 Å². The number of morpholine rings is 1. The number of aromatic nitrogens is 1. The molecule has 0 aliphatic carbocycles. The highest BCUT2D eigenvalue weighted by molar-refractivity contribution is 5.43. The molecule has 0 radical (unpaired) electrons. The van der Waals surface area contributed by atoms with Crippen molar-refractivity contribution < 1.29 is 4.74 Å². The number of ether oxygens (including phenoxy) is 1. The third-order valence-electron chi connectivity index (χ3n) is 3.45. The lowest BCUT2D eigenvalue weighted by molar-refractivity contribution is 0.0639. The van der Waals surface area contributed by atoms with Crippen molar-refractivity contribution in [2.24, 2.45) is 0 Å². The Morgan fingerprint density at radius 3 is 2.79 bits per heavy atom. The SMILES string of the molecule is CC(C)NCc1ccc(N2CCOCC2(C)C)nc1. The highest BCUT2D eigenvalue weighted by Gasteiger charge is 2.31. The second kappa shape index (κ2) is 5.88. The zero-order valence-electron chi connectivity index (χ0n) is 12.4. The molecule has 2 rings (SSSR count). The van der Waals surface area contributed by atoms with Crippen molar-refractivity contribution in [1.29, 1.82) is 0 Å². The van der Waals surface area contributed by atoms with E-state index in [0.717, 1.165) is 32.1 Å². The molecule has 4 nitrogen and oxygen atoms in total. The van der Waals surface area contributed by atoms with Gasteiger partial charge in [0.15, 0.2) is 0 Å². The number of nitrogens with one attached hydrogen (secondary N) is 1. The summed E-state index contributed by atoms with van der Waals surface area (Å²) in [5.74, 6) is 1.04. The molecule has 19 heavy (non-hydrogen) atoms. The van der Waals surface area contributed by atoms with Crippen molar-refractivity contribution in [2.75, 3.05) is 24.7 Å². The van der Waals surface area contributed by atoms with Crippen LogP contribution in [0.1, 0.15) is 33.3 Å². The van der Waals surface area contributed by atoms with Gasteiger partial charge < -0.3 is 15.0 Å². The van der Waals surface area contributed by atoms with Gasteiger partial charge in [0.25, 0.3) is 0 Å². The van der Waals surface area contributed by atoms with Gasteiger partial charge in [-0.1, -0.05) is 19.9 Å². The summed E-state index contributed by atoms with van der Waals surface area (Å²) in [6.45, 7) is 12.0. The Kier molecular flexibility index (Phi) is 4.42. The van der Waals surface area contributed by atoms with E-state index in [9.17, 15) is 0 Å². The predicted molar refractivity (Wildman–Crippen MR) is 78.5 cm³/mol. The Morgan fingerprint density at radius 1 is 1.42 bits per heavy atom. The molecule has 4 heteroatoms. The lowest BCUT2D eigenvalue weighted by Crippen LogP contribution is -2.53. The van der Waals surface area contributed by atoms with Crippen LogP contribution in [-0.2, 0) is 11.3 Å². The van der Waals surface area contributed by atoms with E-state index in [1.807, 2.05) is 6.20 Å². The minimum absolute atomic E-state index is 0.0168. The molecule has 0 bridgehead atoms. The number of rotatable bonds is 4. The maximum atomic E-state index is 5.55. The van der Waals surface area contributed by atoms with Crippen molar-refractivity contribution in [3.05, 3.63) is 23.9 Å². The van der Waals surface area contributed by atoms with E-state index in [2.05, 4.69) is 55.0 Å². The van der Waals surface area contributed by atoms with Crippen LogP contribution in [0, 0.1) is 0 Å². The highest BCUT2D eigenvalue weighted by atomic mass is 16.5. The number of nitrogens with zero attached hydrogens (tertiary/aromatic N) is 2. The monoisotopic (exact) mass is 263 g/mol. The third kappa shape index (κ3) is 3.67. The van der Waals surface area contributed by atoms with E-state index in [4.69, 9.17) is 4.74 Å². The highest BCUT2D eigenvalue weighted by Crippen LogP contribution is 2.25. The maximum Gasteiger partial charge on any atom is 0.129 e. The van der Waals surface area contributed by atoms with Crippen LogP contribution in [-0.4, -0.2) is 36.3 Å². The van der Waals surface area contributed by atoms with E-state index in [1.54, 1.807) is 0 Å². The molecule has 0 saturated carbocycles. The minimum Gasteiger partial charge on any atom is -0.377 e. The van der Waals surface area contributed by atoms with Crippen LogP contribution in [0.25, 0.3) is 0 Å². The van der Waals surface area contributed by atoms with Gasteiger partial charge in [0, 0.05) is 25.3 Å². The smallest absolute Gasteiger partial charge is 0.129 e. The maximum absolute atomic E-state index is 5.55. The molecule has 0 atom stereocenters. The quantitative estimate of drug-likeness (QED) is 0.903. The second-order valence-corrected chi connectivity index (χ2v) is 6.08. The van der Waals surface area contributed by atoms with Gasteiger partial charge in [-0.25, -0.2) is 4.98 Å². The molecule has 0 spiro atoms. The zero-order valence-corrected chi connectivity index (χ0v) is 12.4. The number of pyridine rings is 1. The fourth-order valence-electron chi connectivity index (χ4n) is 2.29. The summed E-state index contributed by atoms with van der Waals surface area (Å²) >= 11 is 0. The van der Waals surface area contributed by atoms with Crippen LogP contribution in [0.15, 0.2) is 18.3 Å². The Morgan fingerprint density at radius 2 is 2.21 bits per heavy atom. The van der Waals surface area contributed by atoms with Crippen LogP contribution >= 0.6 is 0 Å². The normalized spacial score (nSPS) is 18.9. The summed E-state index contributed by atoms with van der Waals surface area (Å²) in [5, 5.41) is 3.40. The molecular weight excluding hydrogens is 238 g/mol. The van der Waals surface area contributed by atoms with Gasteiger partial charge in [0.1, 0.15) is 5.82 Å². The van der Waals surface area contributed by atoms with Crippen LogP contribution in [0.3, 0.4) is 0 Å². The molecule has 1 aliphatic rings. The van der Waals surface area contributed by atoms with Crippen LogP contribution in [0.4, 0.5) is 5.82 Å². The van der Waals surface area contributed by atoms with Gasteiger partial charge in [-0.05, 0) is 25.5 Å². The van der Waals surface area contributed by atoms with Crippen molar-refractivity contribution >= 4 is 5.82 Å². The van der Waals surface area contributed by atoms with Crippen molar-refractivity contribution in [3.8, 4) is 0 Å². The summed E-state index contributed by atoms with van der Waals surface area (Å²) in [6.07, 6.45) is 1.97. The molecule has 2 heterocycles. The Bertz CT molecular complexity index is 400. The summed E-state index contributed by atoms with van der Waals surface area (Å²) in [5.41, 5.74) is 1.24. The van der Waals surface area contributed by atoms with Gasteiger partial charge in [0.2, 0.25) is 0 Å². The second-order valence-electron chi connectivity index (χ2n) is 6.08. The number of hydrogen-bond donors (Lipinski definition) is 1. The molecule has 0 aromatic carbocycles. The Labute approximate surface area is 116 Å². The third-order valence-corrected chi connectivity index (χ3v) is 3.45. The lowest BCUT2D eigenvalue weighted by Gasteiger charge is -2.43. The van der Waals surface area contributed by atoms with E-state index in [1.165, 1.54) is 5.56 Å². The molecule has 0 amide bonds. The predicted octanol–water partition coefficient (Wildman–Crippen LogP) is 2.19. The molecule has 1 aliphatic heterocycles. The van der Waals surface area contributed by atoms with Gasteiger partial charge in [-0.15, -0.1) is 0 Å². The van der Waals surface area contributed by atoms with Gasteiger partial charge in [0.05, 0.1) is 18.8 Å². The lowest BCUT2D eigenvalue weighted by atomic mass is 10.0. The van der Waals surface area contributed by atoms with Gasteiger partial charge in [-0.3, -0.25) is 0 Å². The molecule has 106 valence electrons. The van der Waals surface area contributed by atoms with Crippen molar-refractivity contribution in [2.45, 2.75) is 45.8 Å². The Hall–Kier alpha value is -1.13. The van der Waals surface area contributed by atoms with E-state index < -0.39 is 0 Å². The first-order valence-corrected chi connectivity index (χ1v) is 7.03. The van der Waals surface area contributed by atoms with Crippen LogP contribution < -0.4 is 10.2 Å². The van der Waals surface area contributed by atoms with Crippen molar-refractivity contribution in [1.82, 2.24) is 10.3 Å². The molecule has 1 aromatic heterocycles. The van der Waals surface area contributed by atoms with E-state index in [-0.39, 0.29) is 5.54 Å². The largest absolute Gasteiger partial charge is 0.377 e. The zero-order chi connectivity index (χ0) is 13.9. The molecule has 1 aromatic rings. The van der Waals surface area contributed by atoms with Crippen LogP contribution in [0.2, 0.25) is 0 Å². The summed E-state index contributed by atoms with van der Waals surface area (Å²) < 4.78 is 5.55. The van der Waals surface area contributed by atoms with Crippen LogP contribution in [0.5, 0.6) is 0 Å². The number of anilines is 1. The number of hydrogen-bond acceptors (Lipinski definition) is 4. The average molecular weight is 263 g/mol. The summed E-state index contributed by atoms with van der Waals surface area (Å²) in [4.78, 5) is 6.94. The molecule has 0 unspecified atom stereocenters. The molecule has 1 N–H and O–H groups in total. The van der Waals surface area contributed by atoms with Crippen molar-refractivity contribution in [3.63, 3.8) is 0 Å². The first-order valence-electron chi connectivity index (χ1n) is 7.03. The fraction of sp³-hybridized carbons (Fsp3) is 0.667. The minimum atomic E-state index is 0.0168. The first-order chi connectivity index (χ1) is 8.99. The molecular formula is C15H25N3O. The van der Waals surface area contributed by atoms with Gasteiger partial charge >= 0.3 is 0 Å².